The van der Waals surface area contributed by atoms with Gasteiger partial charge in [0.15, 0.2) is 0 Å². The predicted molar refractivity (Wildman–Crippen MR) is 86.3 cm³/mol. The molecule has 0 bridgehead atoms. The van der Waals surface area contributed by atoms with Crippen LogP contribution < -0.4 is 11.1 Å². The molecular weight excluding hydrogens is 388 g/mol. The number of unbranched alkanes of at least 4 members (excludes halogenated alkanes) is 1. The van der Waals surface area contributed by atoms with Gasteiger partial charge in [0.05, 0.1) is 0 Å². The zero-order chi connectivity index (χ0) is 15.1. The monoisotopic (exact) mass is 402 g/mol. The molecule has 108 valence electrons. The van der Waals surface area contributed by atoms with Crippen LogP contribution in [0.5, 0.6) is 0 Å². The third kappa shape index (κ3) is 5.46. The van der Waals surface area contributed by atoms with Crippen molar-refractivity contribution >= 4 is 43.7 Å². The molecule has 0 aliphatic heterocycles. The van der Waals surface area contributed by atoms with Crippen LogP contribution in [0.15, 0.2) is 39.8 Å². The molecule has 3 N–H and O–H groups in total. The third-order valence-electron chi connectivity index (χ3n) is 2.67. The average Bonchev–Trinajstić information content (AvgIpc) is 2.36. The maximum absolute atomic E-state index is 12.1. The van der Waals surface area contributed by atoms with Gasteiger partial charge in [-0.1, -0.05) is 37.9 Å². The van der Waals surface area contributed by atoms with Crippen molar-refractivity contribution in [2.24, 2.45) is 5.73 Å². The molecule has 0 heterocycles. The molecule has 1 aromatic rings. The van der Waals surface area contributed by atoms with Gasteiger partial charge in [-0.15, -0.1) is 6.58 Å². The first-order chi connectivity index (χ1) is 9.43. The van der Waals surface area contributed by atoms with Crippen LogP contribution in [-0.2, 0) is 4.79 Å². The van der Waals surface area contributed by atoms with Gasteiger partial charge in [0, 0.05) is 14.5 Å². The minimum absolute atomic E-state index is 0.325. The van der Waals surface area contributed by atoms with E-state index in [-0.39, 0.29) is 5.91 Å². The van der Waals surface area contributed by atoms with Gasteiger partial charge >= 0.3 is 0 Å². The SMILES string of the molecule is C=CCCC[C@@H](NC(=O)c1cc(Br)cc(Br)c1)C(N)=O. The zero-order valence-electron chi connectivity index (χ0n) is 10.9. The fraction of sp³-hybridized carbons (Fsp3) is 0.286. The highest BCUT2D eigenvalue weighted by Gasteiger charge is 2.18. The second-order valence-corrected chi connectivity index (χ2v) is 6.14. The number of hydrogen-bond acceptors (Lipinski definition) is 2. The van der Waals surface area contributed by atoms with E-state index in [1.807, 2.05) is 6.07 Å². The average molecular weight is 404 g/mol. The summed E-state index contributed by atoms with van der Waals surface area (Å²) < 4.78 is 1.55. The molecule has 0 aliphatic carbocycles. The number of carbonyl (C=O) groups excluding carboxylic acids is 2. The Hall–Kier alpha value is -1.14. The molecule has 0 spiro atoms. The van der Waals surface area contributed by atoms with Crippen LogP contribution in [0.1, 0.15) is 29.6 Å². The Balaban J connectivity index is 2.74. The number of allylic oxidation sites excluding steroid dienone is 1. The standard InChI is InChI=1S/C14H16Br2N2O2/c1-2-3-4-5-12(13(17)19)18-14(20)9-6-10(15)8-11(16)7-9/h2,6-8,12H,1,3-5H2,(H2,17,19)(H,18,20)/t12-/m1/s1. The molecule has 0 saturated carbocycles. The quantitative estimate of drug-likeness (QED) is 0.542. The maximum Gasteiger partial charge on any atom is 0.252 e. The molecule has 0 fully saturated rings. The molecule has 0 aromatic heterocycles. The van der Waals surface area contributed by atoms with Gasteiger partial charge < -0.3 is 11.1 Å². The normalized spacial score (nSPS) is 11.7. The van der Waals surface area contributed by atoms with Gasteiger partial charge in [0.1, 0.15) is 6.04 Å². The first-order valence-electron chi connectivity index (χ1n) is 6.11. The Morgan fingerprint density at radius 1 is 1.30 bits per heavy atom. The number of rotatable bonds is 7. The van der Waals surface area contributed by atoms with Crippen molar-refractivity contribution in [1.82, 2.24) is 5.32 Å². The summed E-state index contributed by atoms with van der Waals surface area (Å²) in [5, 5.41) is 2.66. The first-order valence-corrected chi connectivity index (χ1v) is 7.70. The van der Waals surface area contributed by atoms with Crippen LogP contribution >= 0.6 is 31.9 Å². The van der Waals surface area contributed by atoms with Gasteiger partial charge in [-0.2, -0.15) is 0 Å². The Bertz CT molecular complexity index is 498. The van der Waals surface area contributed by atoms with E-state index in [4.69, 9.17) is 5.73 Å². The number of hydrogen-bond donors (Lipinski definition) is 2. The molecule has 20 heavy (non-hydrogen) atoms. The lowest BCUT2D eigenvalue weighted by atomic mass is 10.1. The molecule has 4 nitrogen and oxygen atoms in total. The second-order valence-electron chi connectivity index (χ2n) is 4.31. The van der Waals surface area contributed by atoms with E-state index in [9.17, 15) is 9.59 Å². The van der Waals surface area contributed by atoms with Crippen LogP contribution in [0.4, 0.5) is 0 Å². The van der Waals surface area contributed by atoms with Crippen molar-refractivity contribution in [1.29, 1.82) is 0 Å². The number of primary amides is 1. The first kappa shape index (κ1) is 16.9. The van der Waals surface area contributed by atoms with Crippen LogP contribution in [0.25, 0.3) is 0 Å². The van der Waals surface area contributed by atoms with E-state index in [1.165, 1.54) is 0 Å². The van der Waals surface area contributed by atoms with Crippen molar-refractivity contribution in [3.63, 3.8) is 0 Å². The highest BCUT2D eigenvalue weighted by Crippen LogP contribution is 2.20. The molecule has 1 aromatic carbocycles. The molecular formula is C14H16Br2N2O2. The minimum Gasteiger partial charge on any atom is -0.368 e. The fourth-order valence-corrected chi connectivity index (χ4v) is 2.97. The Labute approximate surface area is 135 Å². The lowest BCUT2D eigenvalue weighted by molar-refractivity contribution is -0.120. The number of benzene rings is 1. The van der Waals surface area contributed by atoms with Crippen LogP contribution in [0.3, 0.4) is 0 Å². The van der Waals surface area contributed by atoms with E-state index in [0.717, 1.165) is 21.8 Å². The third-order valence-corrected chi connectivity index (χ3v) is 3.59. The van der Waals surface area contributed by atoms with E-state index in [0.29, 0.717) is 12.0 Å². The Kier molecular flexibility index (Phi) is 6.95. The highest BCUT2D eigenvalue weighted by molar-refractivity contribution is 9.11. The van der Waals surface area contributed by atoms with Crippen LogP contribution in [0, 0.1) is 0 Å². The van der Waals surface area contributed by atoms with E-state index < -0.39 is 11.9 Å². The van der Waals surface area contributed by atoms with Crippen molar-refractivity contribution in [3.8, 4) is 0 Å². The number of nitrogens with one attached hydrogen (secondary N) is 1. The van der Waals surface area contributed by atoms with Crippen LogP contribution in [-0.4, -0.2) is 17.9 Å². The molecule has 2 amide bonds. The van der Waals surface area contributed by atoms with Crippen LogP contribution in [0.2, 0.25) is 0 Å². The number of carbonyl (C=O) groups is 2. The summed E-state index contributed by atoms with van der Waals surface area (Å²) in [6.45, 7) is 3.62. The Morgan fingerprint density at radius 3 is 2.40 bits per heavy atom. The summed E-state index contributed by atoms with van der Waals surface area (Å²) in [6.07, 6.45) is 3.80. The maximum atomic E-state index is 12.1. The summed E-state index contributed by atoms with van der Waals surface area (Å²) in [4.78, 5) is 23.5. The molecule has 0 unspecified atom stereocenters. The highest BCUT2D eigenvalue weighted by atomic mass is 79.9. The summed E-state index contributed by atoms with van der Waals surface area (Å²) in [7, 11) is 0. The van der Waals surface area contributed by atoms with Gasteiger partial charge in [0.2, 0.25) is 5.91 Å². The van der Waals surface area contributed by atoms with Gasteiger partial charge in [-0.3, -0.25) is 9.59 Å². The second kappa shape index (κ2) is 8.21. The summed E-state index contributed by atoms with van der Waals surface area (Å²) in [5.74, 6) is -0.856. The van der Waals surface area contributed by atoms with Crippen molar-refractivity contribution in [2.75, 3.05) is 0 Å². The lowest BCUT2D eigenvalue weighted by Crippen LogP contribution is -2.44. The summed E-state index contributed by atoms with van der Waals surface area (Å²) >= 11 is 6.63. The minimum atomic E-state index is -0.666. The van der Waals surface area contributed by atoms with Gasteiger partial charge in [-0.05, 0) is 37.5 Å². The molecule has 6 heteroatoms. The largest absolute Gasteiger partial charge is 0.368 e. The molecule has 1 rings (SSSR count). The van der Waals surface area contributed by atoms with E-state index in [2.05, 4.69) is 43.8 Å². The van der Waals surface area contributed by atoms with Crippen molar-refractivity contribution in [3.05, 3.63) is 45.4 Å². The number of halogens is 2. The smallest absolute Gasteiger partial charge is 0.252 e. The Morgan fingerprint density at radius 2 is 1.90 bits per heavy atom. The molecule has 1 atom stereocenters. The number of nitrogens with two attached hydrogens (primary N) is 1. The van der Waals surface area contributed by atoms with Crippen molar-refractivity contribution < 1.29 is 9.59 Å². The molecule has 0 radical (unpaired) electrons. The topological polar surface area (TPSA) is 72.2 Å². The van der Waals surface area contributed by atoms with Crippen molar-refractivity contribution in [2.45, 2.75) is 25.3 Å². The predicted octanol–water partition coefficient (Wildman–Crippen LogP) is 3.15. The fourth-order valence-electron chi connectivity index (χ4n) is 1.68. The lowest BCUT2D eigenvalue weighted by Gasteiger charge is -2.15. The van der Waals surface area contributed by atoms with Gasteiger partial charge in [0.25, 0.3) is 5.91 Å². The summed E-state index contributed by atoms with van der Waals surface area (Å²) in [6, 6.07) is 4.52. The van der Waals surface area contributed by atoms with Gasteiger partial charge in [-0.25, -0.2) is 0 Å². The zero-order valence-corrected chi connectivity index (χ0v) is 14.0. The van der Waals surface area contributed by atoms with E-state index >= 15 is 0 Å². The summed E-state index contributed by atoms with van der Waals surface area (Å²) in [5.41, 5.74) is 5.77. The van der Waals surface area contributed by atoms with E-state index in [1.54, 1.807) is 18.2 Å². The molecule has 0 aliphatic rings. The number of amides is 2. The molecule has 0 saturated heterocycles.